The molecule has 1 aliphatic carbocycles. The normalized spacial score (nSPS) is 15.8. The largest absolute Gasteiger partial charge is 0.492 e. The van der Waals surface area contributed by atoms with Gasteiger partial charge < -0.3 is 10.1 Å². The maximum Gasteiger partial charge on any atom is 0.137 e. The molecule has 1 fully saturated rings. The van der Waals surface area contributed by atoms with Crippen molar-refractivity contribution in [2.24, 2.45) is 0 Å². The van der Waals surface area contributed by atoms with E-state index >= 15 is 0 Å². The first-order valence-electron chi connectivity index (χ1n) is 6.69. The minimum Gasteiger partial charge on any atom is -0.492 e. The lowest BCUT2D eigenvalue weighted by Gasteiger charge is -2.26. The molecule has 3 heteroatoms. The molecule has 0 bridgehead atoms. The lowest BCUT2D eigenvalue weighted by atomic mass is 9.84. The highest BCUT2D eigenvalue weighted by atomic mass is 35.5. The van der Waals surface area contributed by atoms with Crippen molar-refractivity contribution in [2.75, 3.05) is 13.2 Å². The maximum atomic E-state index is 6.24. The quantitative estimate of drug-likeness (QED) is 0.847. The second kappa shape index (κ2) is 5.50. The third-order valence-electron chi connectivity index (χ3n) is 3.42. The van der Waals surface area contributed by atoms with Gasteiger partial charge in [-0.15, -0.1) is 0 Å². The van der Waals surface area contributed by atoms with Gasteiger partial charge in [0, 0.05) is 18.0 Å². The number of hydrogen-bond donors (Lipinski definition) is 1. The Balaban J connectivity index is 2.08. The van der Waals surface area contributed by atoms with Crippen molar-refractivity contribution in [3.8, 4) is 5.75 Å². The summed E-state index contributed by atoms with van der Waals surface area (Å²) in [5.74, 6) is 0.772. The van der Waals surface area contributed by atoms with Gasteiger partial charge in [-0.1, -0.05) is 31.5 Å². The number of hydrogen-bond acceptors (Lipinski definition) is 2. The van der Waals surface area contributed by atoms with Crippen LogP contribution in [0.2, 0.25) is 5.02 Å². The van der Waals surface area contributed by atoms with Gasteiger partial charge in [0.05, 0.1) is 11.6 Å². The predicted molar refractivity (Wildman–Crippen MR) is 76.7 cm³/mol. The third kappa shape index (κ3) is 3.39. The van der Waals surface area contributed by atoms with Crippen LogP contribution in [0.4, 0.5) is 0 Å². The molecule has 0 aliphatic heterocycles. The molecule has 0 saturated heterocycles. The van der Waals surface area contributed by atoms with Gasteiger partial charge in [0.15, 0.2) is 0 Å². The van der Waals surface area contributed by atoms with Crippen LogP contribution < -0.4 is 10.1 Å². The van der Waals surface area contributed by atoms with E-state index in [9.17, 15) is 0 Å². The first-order chi connectivity index (χ1) is 8.53. The van der Waals surface area contributed by atoms with E-state index in [1.165, 1.54) is 18.4 Å². The van der Waals surface area contributed by atoms with Crippen molar-refractivity contribution < 1.29 is 4.74 Å². The average molecular weight is 268 g/mol. The molecule has 100 valence electrons. The lowest BCUT2D eigenvalue weighted by molar-refractivity contribution is 0.340. The van der Waals surface area contributed by atoms with Gasteiger partial charge in [0.25, 0.3) is 0 Å². The second-order valence-electron chi connectivity index (χ2n) is 5.62. The fourth-order valence-electron chi connectivity index (χ4n) is 1.98. The van der Waals surface area contributed by atoms with Crippen molar-refractivity contribution in [1.29, 1.82) is 0 Å². The molecule has 0 atom stereocenters. The van der Waals surface area contributed by atoms with E-state index in [4.69, 9.17) is 16.3 Å². The monoisotopic (exact) mass is 267 g/mol. The van der Waals surface area contributed by atoms with E-state index in [0.29, 0.717) is 11.6 Å². The van der Waals surface area contributed by atoms with Crippen LogP contribution in [0.5, 0.6) is 5.75 Å². The summed E-state index contributed by atoms with van der Waals surface area (Å²) in [5.41, 5.74) is 1.35. The van der Waals surface area contributed by atoms with Crippen molar-refractivity contribution >= 4 is 11.6 Å². The molecule has 1 aromatic rings. The third-order valence-corrected chi connectivity index (χ3v) is 3.72. The fourth-order valence-corrected chi connectivity index (χ4v) is 2.22. The minimum absolute atomic E-state index is 0.0942. The molecule has 2 rings (SSSR count). The molecular weight excluding hydrogens is 246 g/mol. The van der Waals surface area contributed by atoms with Crippen LogP contribution in [0.15, 0.2) is 18.2 Å². The topological polar surface area (TPSA) is 21.3 Å². The standard InChI is InChI=1S/C15H22ClNO/c1-4-18-14-8-5-11(9-13(14)16)15(2,3)10-17-12-6-7-12/h5,8-9,12,17H,4,6-7,10H2,1-3H3. The number of benzene rings is 1. The van der Waals surface area contributed by atoms with Crippen LogP contribution >= 0.6 is 11.6 Å². The van der Waals surface area contributed by atoms with Gasteiger partial charge in [-0.2, -0.15) is 0 Å². The van der Waals surface area contributed by atoms with Gasteiger partial charge >= 0.3 is 0 Å². The highest BCUT2D eigenvalue weighted by Crippen LogP contribution is 2.32. The van der Waals surface area contributed by atoms with E-state index in [1.54, 1.807) is 0 Å². The molecule has 2 nitrogen and oxygen atoms in total. The van der Waals surface area contributed by atoms with Gasteiger partial charge in [0.1, 0.15) is 5.75 Å². The molecule has 18 heavy (non-hydrogen) atoms. The van der Waals surface area contributed by atoms with Crippen LogP contribution in [0.1, 0.15) is 39.2 Å². The van der Waals surface area contributed by atoms with Crippen molar-refractivity contribution in [3.05, 3.63) is 28.8 Å². The molecule has 0 amide bonds. The van der Waals surface area contributed by atoms with Gasteiger partial charge in [-0.25, -0.2) is 0 Å². The molecule has 0 heterocycles. The Labute approximate surface area is 115 Å². The summed E-state index contributed by atoms with van der Waals surface area (Å²) in [6.45, 7) is 8.09. The molecule has 0 aromatic heterocycles. The molecule has 0 radical (unpaired) electrons. The predicted octanol–water partition coefficient (Wildman–Crippen LogP) is 3.77. The smallest absolute Gasteiger partial charge is 0.137 e. The Morgan fingerprint density at radius 3 is 2.67 bits per heavy atom. The van der Waals surface area contributed by atoms with E-state index < -0.39 is 0 Å². The van der Waals surface area contributed by atoms with Crippen LogP contribution in [0.3, 0.4) is 0 Å². The highest BCUT2D eigenvalue weighted by Gasteiger charge is 2.26. The first-order valence-corrected chi connectivity index (χ1v) is 7.07. The number of nitrogens with one attached hydrogen (secondary N) is 1. The van der Waals surface area contributed by atoms with Crippen molar-refractivity contribution in [2.45, 2.75) is 45.1 Å². The Hall–Kier alpha value is -0.730. The van der Waals surface area contributed by atoms with Crippen LogP contribution in [-0.4, -0.2) is 19.2 Å². The zero-order valence-electron chi connectivity index (χ0n) is 11.4. The summed E-state index contributed by atoms with van der Waals surface area (Å²) in [6, 6.07) is 6.86. The van der Waals surface area contributed by atoms with E-state index in [-0.39, 0.29) is 5.41 Å². The van der Waals surface area contributed by atoms with E-state index in [2.05, 4.69) is 25.2 Å². The Morgan fingerprint density at radius 2 is 2.11 bits per heavy atom. The van der Waals surface area contributed by atoms with Crippen LogP contribution in [0.25, 0.3) is 0 Å². The lowest BCUT2D eigenvalue weighted by Crippen LogP contribution is -2.34. The zero-order valence-corrected chi connectivity index (χ0v) is 12.2. The summed E-state index contributed by atoms with van der Waals surface area (Å²) in [7, 11) is 0. The number of halogens is 1. The Kier molecular flexibility index (Phi) is 4.18. The maximum absolute atomic E-state index is 6.24. The summed E-state index contributed by atoms with van der Waals surface area (Å²) < 4.78 is 5.46. The fraction of sp³-hybridized carbons (Fsp3) is 0.600. The summed E-state index contributed by atoms with van der Waals surface area (Å²) in [6.07, 6.45) is 2.64. The molecular formula is C15H22ClNO. The van der Waals surface area contributed by atoms with E-state index in [0.717, 1.165) is 18.3 Å². The van der Waals surface area contributed by atoms with Gasteiger partial charge in [-0.05, 0) is 37.5 Å². The first kappa shape index (κ1) is 13.7. The van der Waals surface area contributed by atoms with Crippen molar-refractivity contribution in [3.63, 3.8) is 0 Å². The summed E-state index contributed by atoms with van der Waals surface area (Å²) >= 11 is 6.24. The molecule has 1 N–H and O–H groups in total. The van der Waals surface area contributed by atoms with Crippen LogP contribution in [-0.2, 0) is 5.41 Å². The Bertz CT molecular complexity index is 413. The molecule has 1 aliphatic rings. The average Bonchev–Trinajstić information content (AvgIpc) is 3.13. The summed E-state index contributed by atoms with van der Waals surface area (Å²) in [4.78, 5) is 0. The minimum atomic E-state index is 0.0942. The second-order valence-corrected chi connectivity index (χ2v) is 6.02. The highest BCUT2D eigenvalue weighted by molar-refractivity contribution is 6.32. The number of ether oxygens (including phenoxy) is 1. The summed E-state index contributed by atoms with van der Waals surface area (Å²) in [5, 5.41) is 4.28. The van der Waals surface area contributed by atoms with E-state index in [1.807, 2.05) is 19.1 Å². The molecule has 1 aromatic carbocycles. The molecule has 1 saturated carbocycles. The van der Waals surface area contributed by atoms with Gasteiger partial charge in [0.2, 0.25) is 0 Å². The number of rotatable bonds is 6. The van der Waals surface area contributed by atoms with Crippen LogP contribution in [0, 0.1) is 0 Å². The SMILES string of the molecule is CCOc1ccc(C(C)(C)CNC2CC2)cc1Cl. The molecule has 0 unspecified atom stereocenters. The Morgan fingerprint density at radius 1 is 1.39 bits per heavy atom. The van der Waals surface area contributed by atoms with Crippen molar-refractivity contribution in [1.82, 2.24) is 5.32 Å². The molecule has 0 spiro atoms. The van der Waals surface area contributed by atoms with Gasteiger partial charge in [-0.3, -0.25) is 0 Å². The zero-order chi connectivity index (χ0) is 13.2.